The largest absolute Gasteiger partial charge is 0.310 e. The van der Waals surface area contributed by atoms with Gasteiger partial charge < -0.3 is 4.90 Å². The van der Waals surface area contributed by atoms with Gasteiger partial charge in [0.25, 0.3) is 0 Å². The summed E-state index contributed by atoms with van der Waals surface area (Å²) in [6.07, 6.45) is 0. The molecule has 62 heavy (non-hydrogen) atoms. The lowest BCUT2D eigenvalue weighted by atomic mass is 9.67. The van der Waals surface area contributed by atoms with E-state index in [0.717, 1.165) is 17.1 Å². The van der Waals surface area contributed by atoms with Crippen LogP contribution in [-0.4, -0.2) is 0 Å². The summed E-state index contributed by atoms with van der Waals surface area (Å²) >= 11 is 0. The van der Waals surface area contributed by atoms with Gasteiger partial charge in [0.2, 0.25) is 0 Å². The molecule has 1 nitrogen and oxygen atoms in total. The molecule has 296 valence electrons. The molecule has 0 aromatic heterocycles. The number of rotatable bonds is 6. The number of anilines is 3. The summed E-state index contributed by atoms with van der Waals surface area (Å²) in [5.41, 5.74) is 23.6. The molecule has 0 aliphatic heterocycles. The van der Waals surface area contributed by atoms with Gasteiger partial charge in [-0.25, -0.2) is 0 Å². The second-order valence-corrected chi connectivity index (χ2v) is 18.4. The van der Waals surface area contributed by atoms with Gasteiger partial charge in [-0.3, -0.25) is 0 Å². The Labute approximate surface area is 365 Å². The summed E-state index contributed by atoms with van der Waals surface area (Å²) in [5, 5.41) is 0. The topological polar surface area (TPSA) is 3.24 Å². The van der Waals surface area contributed by atoms with E-state index in [2.05, 4.69) is 245 Å². The Bertz CT molecular complexity index is 3200. The summed E-state index contributed by atoms with van der Waals surface area (Å²) in [7, 11) is 0. The molecule has 0 spiro atoms. The van der Waals surface area contributed by atoms with Gasteiger partial charge >= 0.3 is 0 Å². The van der Waals surface area contributed by atoms with Crippen molar-refractivity contribution in [3.8, 4) is 44.5 Å². The van der Waals surface area contributed by atoms with Gasteiger partial charge in [0, 0.05) is 27.8 Å². The van der Waals surface area contributed by atoms with E-state index in [1.807, 2.05) is 0 Å². The molecular formula is C61H47N. The molecule has 12 rings (SSSR count). The minimum absolute atomic E-state index is 0.107. The van der Waals surface area contributed by atoms with Crippen molar-refractivity contribution in [3.63, 3.8) is 0 Å². The fraction of sp³-hybridized carbons (Fsp3) is 0.115. The molecular weight excluding hydrogens is 747 g/mol. The highest BCUT2D eigenvalue weighted by molar-refractivity contribution is 5.99. The first kappa shape index (κ1) is 36.6. The van der Waals surface area contributed by atoms with E-state index in [9.17, 15) is 0 Å². The Morgan fingerprint density at radius 2 is 0.710 bits per heavy atom. The van der Waals surface area contributed by atoms with Crippen molar-refractivity contribution in [1.82, 2.24) is 0 Å². The van der Waals surface area contributed by atoms with Gasteiger partial charge in [0.05, 0.1) is 11.1 Å². The van der Waals surface area contributed by atoms with Crippen LogP contribution < -0.4 is 4.90 Å². The third-order valence-corrected chi connectivity index (χ3v) is 14.6. The Balaban J connectivity index is 1.15. The number of hydrogen-bond acceptors (Lipinski definition) is 1. The van der Waals surface area contributed by atoms with Crippen LogP contribution in [0.4, 0.5) is 17.1 Å². The number of hydrogen-bond donors (Lipinski definition) is 0. The van der Waals surface area contributed by atoms with E-state index >= 15 is 0 Å². The maximum absolute atomic E-state index is 2.55. The van der Waals surface area contributed by atoms with Crippen molar-refractivity contribution in [2.24, 2.45) is 0 Å². The first-order chi connectivity index (χ1) is 30.3. The van der Waals surface area contributed by atoms with Gasteiger partial charge in [0.15, 0.2) is 0 Å². The molecule has 9 aromatic carbocycles. The van der Waals surface area contributed by atoms with Crippen LogP contribution in [0.15, 0.2) is 212 Å². The van der Waals surface area contributed by atoms with Crippen LogP contribution in [-0.2, 0) is 16.2 Å². The van der Waals surface area contributed by atoms with Crippen LogP contribution in [0.5, 0.6) is 0 Å². The van der Waals surface area contributed by atoms with E-state index < -0.39 is 5.41 Å². The molecule has 0 radical (unpaired) electrons. The molecule has 3 aliphatic rings. The number of nitrogens with zero attached hydrogens (tertiary/aromatic N) is 1. The molecule has 0 unspecified atom stereocenters. The zero-order valence-corrected chi connectivity index (χ0v) is 35.7. The minimum Gasteiger partial charge on any atom is -0.310 e. The van der Waals surface area contributed by atoms with Gasteiger partial charge in [-0.1, -0.05) is 210 Å². The molecule has 0 amide bonds. The maximum atomic E-state index is 2.55. The Morgan fingerprint density at radius 3 is 1.35 bits per heavy atom. The Morgan fingerprint density at radius 1 is 0.290 bits per heavy atom. The lowest BCUT2D eigenvalue weighted by molar-refractivity contribution is 0.660. The number of benzene rings is 9. The monoisotopic (exact) mass is 793 g/mol. The molecule has 0 N–H and O–H groups in total. The van der Waals surface area contributed by atoms with E-state index in [0.29, 0.717) is 0 Å². The number of para-hydroxylation sites is 1. The van der Waals surface area contributed by atoms with Crippen molar-refractivity contribution < 1.29 is 0 Å². The second-order valence-electron chi connectivity index (χ2n) is 18.4. The molecule has 0 saturated carbocycles. The van der Waals surface area contributed by atoms with Crippen molar-refractivity contribution in [2.75, 3.05) is 4.90 Å². The normalized spacial score (nSPS) is 15.2. The predicted octanol–water partition coefficient (Wildman–Crippen LogP) is 15.8. The quantitative estimate of drug-likeness (QED) is 0.162. The second kappa shape index (κ2) is 13.4. The van der Waals surface area contributed by atoms with E-state index in [4.69, 9.17) is 0 Å². The highest BCUT2D eigenvalue weighted by atomic mass is 15.1. The van der Waals surface area contributed by atoms with Crippen molar-refractivity contribution in [1.29, 1.82) is 0 Å². The lowest BCUT2D eigenvalue weighted by Gasteiger charge is -2.35. The third kappa shape index (κ3) is 4.97. The van der Waals surface area contributed by atoms with Gasteiger partial charge in [-0.2, -0.15) is 0 Å². The standard InChI is InChI=1S/C61H47N/c1-59(2)52-30-16-13-27-50(52)58-49(28-19-32-54(58)59)48-26-14-18-33-57(48)62(42-34-36-46-44-24-11-15-29-51(44)60(3,4)55(46)38-42)43-35-37-47-45-25-12-17-31-53(45)61(56(47)39-43,40-20-7-5-8-21-40)41-22-9-6-10-23-41/h5-39H,1-4H3. The average Bonchev–Trinajstić information content (AvgIpc) is 3.84. The molecule has 0 saturated heterocycles. The summed E-state index contributed by atoms with van der Waals surface area (Å²) in [5.74, 6) is 0. The summed E-state index contributed by atoms with van der Waals surface area (Å²) < 4.78 is 0. The molecule has 0 atom stereocenters. The minimum atomic E-state index is -0.521. The van der Waals surface area contributed by atoms with Crippen molar-refractivity contribution in [3.05, 3.63) is 257 Å². The average molecular weight is 794 g/mol. The summed E-state index contributed by atoms with van der Waals surface area (Å²) in [6.45, 7) is 9.51. The number of fused-ring (bicyclic) bond motifs is 9. The van der Waals surface area contributed by atoms with Crippen molar-refractivity contribution >= 4 is 17.1 Å². The van der Waals surface area contributed by atoms with Crippen LogP contribution in [0.25, 0.3) is 44.5 Å². The van der Waals surface area contributed by atoms with Crippen LogP contribution in [0.1, 0.15) is 72.2 Å². The lowest BCUT2D eigenvalue weighted by Crippen LogP contribution is -2.28. The Hall–Kier alpha value is -7.22. The predicted molar refractivity (Wildman–Crippen MR) is 259 cm³/mol. The van der Waals surface area contributed by atoms with E-state index in [-0.39, 0.29) is 10.8 Å². The molecule has 0 bridgehead atoms. The van der Waals surface area contributed by atoms with Crippen LogP contribution in [0.2, 0.25) is 0 Å². The zero-order valence-electron chi connectivity index (χ0n) is 35.7. The van der Waals surface area contributed by atoms with Crippen molar-refractivity contribution in [2.45, 2.75) is 43.9 Å². The van der Waals surface area contributed by atoms with E-state index in [1.165, 1.54) is 89.0 Å². The molecule has 9 aromatic rings. The first-order valence-electron chi connectivity index (χ1n) is 22.0. The van der Waals surface area contributed by atoms with Gasteiger partial charge in [0.1, 0.15) is 0 Å². The first-order valence-corrected chi connectivity index (χ1v) is 22.0. The third-order valence-electron chi connectivity index (χ3n) is 14.6. The Kier molecular flexibility index (Phi) is 7.91. The van der Waals surface area contributed by atoms with E-state index in [1.54, 1.807) is 0 Å². The fourth-order valence-corrected chi connectivity index (χ4v) is 11.7. The van der Waals surface area contributed by atoms with Gasteiger partial charge in [-0.15, -0.1) is 0 Å². The highest BCUT2D eigenvalue weighted by Gasteiger charge is 2.46. The van der Waals surface area contributed by atoms with Crippen LogP contribution in [0, 0.1) is 0 Å². The highest BCUT2D eigenvalue weighted by Crippen LogP contribution is 2.59. The molecule has 3 aliphatic carbocycles. The molecule has 0 fully saturated rings. The fourth-order valence-electron chi connectivity index (χ4n) is 11.7. The van der Waals surface area contributed by atoms with Crippen LogP contribution in [0.3, 0.4) is 0 Å². The van der Waals surface area contributed by atoms with Gasteiger partial charge in [-0.05, 0) is 114 Å². The smallest absolute Gasteiger partial charge is 0.0714 e. The molecule has 0 heterocycles. The SMILES string of the molecule is CC1(C)c2ccccc2-c2ccc(N(c3ccc4c(c3)C(c3ccccc3)(c3ccccc3)c3ccccc3-4)c3ccccc3-c3cccc4c3-c3ccccc3C4(C)C)cc21. The zero-order chi connectivity index (χ0) is 41.8. The summed E-state index contributed by atoms with van der Waals surface area (Å²) in [4.78, 5) is 2.55. The maximum Gasteiger partial charge on any atom is 0.0714 e. The molecule has 1 heteroatoms. The summed E-state index contributed by atoms with van der Waals surface area (Å²) in [6, 6.07) is 79.8. The van der Waals surface area contributed by atoms with Crippen LogP contribution >= 0.6 is 0 Å².